The number of hydrogen-bond acceptors (Lipinski definition) is 5. The molecule has 0 spiro atoms. The van der Waals surface area contributed by atoms with Crippen molar-refractivity contribution in [3.05, 3.63) is 71.3 Å². The van der Waals surface area contributed by atoms with Gasteiger partial charge in [0.05, 0.1) is 37.6 Å². The van der Waals surface area contributed by atoms with E-state index in [1.165, 1.54) is 12.3 Å². The normalized spacial score (nSPS) is 20.9. The summed E-state index contributed by atoms with van der Waals surface area (Å²) in [6.07, 6.45) is 9.64. The number of halogens is 2. The van der Waals surface area contributed by atoms with E-state index in [1.807, 2.05) is 0 Å². The minimum atomic E-state index is -0.467. The number of hydrogen-bond donors (Lipinski definition) is 0. The highest BCUT2D eigenvalue weighted by molar-refractivity contribution is 5.75. The minimum absolute atomic E-state index is 0.0880. The van der Waals surface area contributed by atoms with Gasteiger partial charge in [0.15, 0.2) is 11.6 Å². The quantitative estimate of drug-likeness (QED) is 0.291. The summed E-state index contributed by atoms with van der Waals surface area (Å²) in [5.41, 5.74) is 1.71. The van der Waals surface area contributed by atoms with Crippen LogP contribution in [-0.2, 0) is 9.47 Å². The fraction of sp³-hybridized carbons (Fsp3) is 0.519. The molecule has 0 saturated heterocycles. The Morgan fingerprint density at radius 2 is 2.06 bits per heavy atom. The predicted molar refractivity (Wildman–Crippen MR) is 129 cm³/mol. The molecule has 2 atom stereocenters. The molecule has 0 radical (unpaired) electrons. The lowest BCUT2D eigenvalue weighted by Crippen LogP contribution is -2.29. The first-order valence-corrected chi connectivity index (χ1v) is 12.0. The molecular weight excluding hydrogens is 436 g/mol. The van der Waals surface area contributed by atoms with Gasteiger partial charge in [0.2, 0.25) is 0 Å². The Morgan fingerprint density at radius 1 is 1.26 bits per heavy atom. The average molecular weight is 472 g/mol. The fourth-order valence-electron chi connectivity index (χ4n) is 4.79. The standard InChI is InChI=1S/C27H35F2N3O2/c1-6-12-34-13-8-10-24(33-5)27(4)11-7-9-20(15-27)25-23(29)17-31-26(32-25)18(2)22-14-21(28)16-30-19(22)3/h10,14,16-17,20H,2,6-9,11-13,15H2,1,3-5H3. The first-order chi connectivity index (χ1) is 16.3. The van der Waals surface area contributed by atoms with Gasteiger partial charge >= 0.3 is 0 Å². The summed E-state index contributed by atoms with van der Waals surface area (Å²) in [6.45, 7) is 11.5. The maximum Gasteiger partial charge on any atom is 0.163 e. The molecule has 1 saturated carbocycles. The molecule has 34 heavy (non-hydrogen) atoms. The van der Waals surface area contributed by atoms with Crippen LogP contribution in [0.1, 0.15) is 81.1 Å². The van der Waals surface area contributed by atoms with E-state index in [1.54, 1.807) is 14.0 Å². The Morgan fingerprint density at radius 3 is 2.79 bits per heavy atom. The molecule has 5 nitrogen and oxygen atoms in total. The van der Waals surface area contributed by atoms with Crippen LogP contribution in [0.4, 0.5) is 8.78 Å². The molecule has 0 aliphatic heterocycles. The number of aryl methyl sites for hydroxylation is 1. The van der Waals surface area contributed by atoms with E-state index in [9.17, 15) is 8.78 Å². The maximum absolute atomic E-state index is 14.9. The third-order valence-corrected chi connectivity index (χ3v) is 6.54. The number of ether oxygens (including phenoxy) is 2. The van der Waals surface area contributed by atoms with Crippen LogP contribution in [0, 0.1) is 24.0 Å². The Bertz CT molecular complexity index is 1040. The first kappa shape index (κ1) is 25.9. The van der Waals surface area contributed by atoms with Crippen molar-refractivity contribution in [3.63, 3.8) is 0 Å². The van der Waals surface area contributed by atoms with Crippen LogP contribution in [0.3, 0.4) is 0 Å². The third-order valence-electron chi connectivity index (χ3n) is 6.54. The molecule has 0 bridgehead atoms. The van der Waals surface area contributed by atoms with Gasteiger partial charge in [-0.3, -0.25) is 4.98 Å². The van der Waals surface area contributed by atoms with Gasteiger partial charge in [-0.25, -0.2) is 18.7 Å². The van der Waals surface area contributed by atoms with Gasteiger partial charge in [0, 0.05) is 34.8 Å². The van der Waals surface area contributed by atoms with Crippen LogP contribution in [0.5, 0.6) is 0 Å². The van der Waals surface area contributed by atoms with Crippen LogP contribution in [0.25, 0.3) is 5.57 Å². The van der Waals surface area contributed by atoms with Gasteiger partial charge in [-0.05, 0) is 51.2 Å². The van der Waals surface area contributed by atoms with E-state index in [4.69, 9.17) is 9.47 Å². The van der Waals surface area contributed by atoms with E-state index >= 15 is 0 Å². The summed E-state index contributed by atoms with van der Waals surface area (Å²) >= 11 is 0. The Hall–Kier alpha value is -2.67. The second kappa shape index (κ2) is 11.6. The van der Waals surface area contributed by atoms with Crippen molar-refractivity contribution in [2.45, 2.75) is 65.2 Å². The van der Waals surface area contributed by atoms with Gasteiger partial charge in [0.1, 0.15) is 5.82 Å². The van der Waals surface area contributed by atoms with Crippen molar-refractivity contribution in [1.29, 1.82) is 0 Å². The molecule has 2 unspecified atom stereocenters. The highest BCUT2D eigenvalue weighted by Gasteiger charge is 2.38. The highest BCUT2D eigenvalue weighted by Crippen LogP contribution is 2.48. The largest absolute Gasteiger partial charge is 0.501 e. The number of methoxy groups -OCH3 is 1. The van der Waals surface area contributed by atoms with Crippen molar-refractivity contribution >= 4 is 5.57 Å². The average Bonchev–Trinajstić information content (AvgIpc) is 2.82. The SMILES string of the molecule is C=C(c1ncc(F)c(C2CCCC(C)(C(=CCCOCCC)OC)C2)n1)c1cc(F)cnc1C. The molecule has 3 rings (SSSR count). The predicted octanol–water partition coefficient (Wildman–Crippen LogP) is 6.53. The monoisotopic (exact) mass is 471 g/mol. The van der Waals surface area contributed by atoms with Crippen molar-refractivity contribution in [2.24, 2.45) is 5.41 Å². The van der Waals surface area contributed by atoms with Gasteiger partial charge in [0.25, 0.3) is 0 Å². The van der Waals surface area contributed by atoms with Gasteiger partial charge in [-0.1, -0.05) is 26.8 Å². The van der Waals surface area contributed by atoms with Crippen molar-refractivity contribution in [1.82, 2.24) is 15.0 Å². The molecule has 184 valence electrons. The summed E-state index contributed by atoms with van der Waals surface area (Å²) in [6, 6.07) is 1.36. The molecule has 2 heterocycles. The van der Waals surface area contributed by atoms with Crippen molar-refractivity contribution in [2.75, 3.05) is 20.3 Å². The maximum atomic E-state index is 14.9. The zero-order valence-electron chi connectivity index (χ0n) is 20.7. The van der Waals surface area contributed by atoms with E-state index in [0.29, 0.717) is 35.6 Å². The summed E-state index contributed by atoms with van der Waals surface area (Å²) in [7, 11) is 1.69. The van der Waals surface area contributed by atoms with Gasteiger partial charge in [-0.2, -0.15) is 0 Å². The zero-order chi connectivity index (χ0) is 24.7. The lowest BCUT2D eigenvalue weighted by molar-refractivity contribution is 0.120. The lowest BCUT2D eigenvalue weighted by atomic mass is 9.68. The summed E-state index contributed by atoms with van der Waals surface area (Å²) in [4.78, 5) is 12.8. The highest BCUT2D eigenvalue weighted by atomic mass is 19.1. The molecule has 0 aromatic carbocycles. The number of allylic oxidation sites excluding steroid dienone is 1. The Kier molecular flexibility index (Phi) is 8.89. The smallest absolute Gasteiger partial charge is 0.163 e. The summed E-state index contributed by atoms with van der Waals surface area (Å²) in [5, 5.41) is 0. The van der Waals surface area contributed by atoms with Crippen molar-refractivity contribution in [3.8, 4) is 0 Å². The number of pyridine rings is 1. The fourth-order valence-corrected chi connectivity index (χ4v) is 4.79. The molecular formula is C27H35F2N3O2. The van der Waals surface area contributed by atoms with Crippen LogP contribution >= 0.6 is 0 Å². The van der Waals surface area contributed by atoms with E-state index < -0.39 is 11.6 Å². The van der Waals surface area contributed by atoms with E-state index in [0.717, 1.165) is 50.7 Å². The topological polar surface area (TPSA) is 57.1 Å². The molecule has 7 heteroatoms. The van der Waals surface area contributed by atoms with E-state index in [-0.39, 0.29) is 17.2 Å². The van der Waals surface area contributed by atoms with E-state index in [2.05, 4.69) is 41.5 Å². The number of nitrogens with zero attached hydrogens (tertiary/aromatic N) is 3. The second-order valence-corrected chi connectivity index (χ2v) is 9.22. The molecule has 0 amide bonds. The summed E-state index contributed by atoms with van der Waals surface area (Å²) < 4.78 is 40.1. The van der Waals surface area contributed by atoms with Gasteiger partial charge in [-0.15, -0.1) is 0 Å². The molecule has 0 N–H and O–H groups in total. The van der Waals surface area contributed by atoms with Crippen LogP contribution in [0.2, 0.25) is 0 Å². The van der Waals surface area contributed by atoms with Crippen LogP contribution in [0.15, 0.2) is 36.9 Å². The number of rotatable bonds is 10. The van der Waals surface area contributed by atoms with Gasteiger partial charge < -0.3 is 9.47 Å². The third kappa shape index (κ3) is 6.06. The Balaban J connectivity index is 1.83. The second-order valence-electron chi connectivity index (χ2n) is 9.22. The summed E-state index contributed by atoms with van der Waals surface area (Å²) in [5.74, 6) is 0.212. The zero-order valence-corrected chi connectivity index (χ0v) is 20.7. The Labute approximate surface area is 201 Å². The minimum Gasteiger partial charge on any atom is -0.501 e. The van der Waals surface area contributed by atoms with Crippen molar-refractivity contribution < 1.29 is 18.3 Å². The van der Waals surface area contributed by atoms with Crippen LogP contribution < -0.4 is 0 Å². The molecule has 1 fully saturated rings. The first-order valence-electron chi connectivity index (χ1n) is 12.0. The lowest BCUT2D eigenvalue weighted by Gasteiger charge is -2.39. The van der Waals surface area contributed by atoms with Crippen LogP contribution in [-0.4, -0.2) is 35.3 Å². The molecule has 2 aromatic heterocycles. The molecule has 1 aliphatic rings. The molecule has 1 aliphatic carbocycles. The number of aromatic nitrogens is 3. The molecule has 2 aromatic rings.